The van der Waals surface area contributed by atoms with Crippen molar-refractivity contribution in [2.24, 2.45) is 13.0 Å². The number of hydrogen-bond acceptors (Lipinski definition) is 6. The maximum Gasteiger partial charge on any atom is 0.266 e. The molecule has 2 aromatic carbocycles. The predicted octanol–water partition coefficient (Wildman–Crippen LogP) is 4.40. The van der Waals surface area contributed by atoms with Crippen molar-refractivity contribution in [3.63, 3.8) is 0 Å². The second kappa shape index (κ2) is 13.2. The van der Waals surface area contributed by atoms with Gasteiger partial charge in [-0.25, -0.2) is 9.07 Å². The maximum absolute atomic E-state index is 15.4. The van der Waals surface area contributed by atoms with Crippen molar-refractivity contribution < 1.29 is 18.7 Å². The van der Waals surface area contributed by atoms with E-state index in [2.05, 4.69) is 5.10 Å². The van der Waals surface area contributed by atoms with Gasteiger partial charge in [0.25, 0.3) is 5.56 Å². The lowest BCUT2D eigenvalue weighted by Gasteiger charge is -2.38. The number of halogens is 2. The lowest BCUT2D eigenvalue weighted by atomic mass is 9.87. The molecule has 2 aliphatic heterocycles. The zero-order chi connectivity index (χ0) is 30.7. The summed E-state index contributed by atoms with van der Waals surface area (Å²) >= 11 is 6.12. The first-order chi connectivity index (χ1) is 20.7. The van der Waals surface area contributed by atoms with Crippen molar-refractivity contribution in [2.75, 3.05) is 44.7 Å². The van der Waals surface area contributed by atoms with Gasteiger partial charge in [-0.05, 0) is 48.2 Å². The SMILES string of the molecule is CCC(=O)N1CCN(C(=O)[C@@H]2CN(c3ccc(=O)n(C)n3)C[C@H]2c2ccc(OC)cc2F)CCC[C@H]1c1ccc(Cl)cc1. The Morgan fingerprint density at radius 3 is 2.49 bits per heavy atom. The van der Waals surface area contributed by atoms with Gasteiger partial charge in [-0.3, -0.25) is 14.4 Å². The smallest absolute Gasteiger partial charge is 0.266 e. The van der Waals surface area contributed by atoms with Crippen LogP contribution < -0.4 is 15.2 Å². The molecule has 228 valence electrons. The van der Waals surface area contributed by atoms with E-state index < -0.39 is 17.7 Å². The zero-order valence-electron chi connectivity index (χ0n) is 24.7. The van der Waals surface area contributed by atoms with Gasteiger partial charge in [0.2, 0.25) is 11.8 Å². The van der Waals surface area contributed by atoms with E-state index >= 15 is 4.39 Å². The van der Waals surface area contributed by atoms with Crippen LogP contribution in [0.15, 0.2) is 59.4 Å². The molecule has 0 saturated carbocycles. The van der Waals surface area contributed by atoms with E-state index in [0.717, 1.165) is 5.56 Å². The van der Waals surface area contributed by atoms with Crippen LogP contribution in [-0.4, -0.2) is 71.2 Å². The number of ether oxygens (including phenoxy) is 1. The minimum absolute atomic E-state index is 0.0280. The Morgan fingerprint density at radius 1 is 1.05 bits per heavy atom. The molecule has 0 bridgehead atoms. The zero-order valence-corrected chi connectivity index (χ0v) is 25.5. The molecular weight excluding hydrogens is 573 g/mol. The summed E-state index contributed by atoms with van der Waals surface area (Å²) < 4.78 is 21.9. The minimum atomic E-state index is -0.552. The summed E-state index contributed by atoms with van der Waals surface area (Å²) in [6.45, 7) is 3.83. The van der Waals surface area contributed by atoms with Crippen LogP contribution in [0.4, 0.5) is 10.2 Å². The fourth-order valence-corrected chi connectivity index (χ4v) is 6.39. The number of benzene rings is 2. The van der Waals surface area contributed by atoms with Crippen LogP contribution in [0.25, 0.3) is 0 Å². The average molecular weight is 610 g/mol. The largest absolute Gasteiger partial charge is 0.497 e. The fourth-order valence-electron chi connectivity index (χ4n) is 6.27. The van der Waals surface area contributed by atoms with Gasteiger partial charge in [-0.1, -0.05) is 36.7 Å². The van der Waals surface area contributed by atoms with Crippen LogP contribution in [0.1, 0.15) is 49.3 Å². The molecule has 2 saturated heterocycles. The fraction of sp³-hybridized carbons (Fsp3) is 0.438. The van der Waals surface area contributed by atoms with E-state index in [1.807, 2.05) is 45.9 Å². The number of amides is 2. The Morgan fingerprint density at radius 2 is 1.81 bits per heavy atom. The van der Waals surface area contributed by atoms with E-state index in [4.69, 9.17) is 16.3 Å². The van der Waals surface area contributed by atoms with Gasteiger partial charge in [0.05, 0.1) is 19.1 Å². The van der Waals surface area contributed by atoms with E-state index in [0.29, 0.717) is 74.1 Å². The summed E-state index contributed by atoms with van der Waals surface area (Å²) in [5.41, 5.74) is 1.22. The molecule has 3 aromatic rings. The first kappa shape index (κ1) is 30.5. The molecule has 0 radical (unpaired) electrons. The molecule has 3 heterocycles. The molecule has 2 fully saturated rings. The van der Waals surface area contributed by atoms with Crippen LogP contribution in [0, 0.1) is 11.7 Å². The van der Waals surface area contributed by atoms with E-state index in [9.17, 15) is 14.4 Å². The summed E-state index contributed by atoms with van der Waals surface area (Å²) in [6, 6.07) is 15.3. The second-order valence-corrected chi connectivity index (χ2v) is 11.6. The molecule has 0 spiro atoms. The molecule has 0 N–H and O–H groups in total. The maximum atomic E-state index is 15.4. The van der Waals surface area contributed by atoms with E-state index in [-0.39, 0.29) is 23.4 Å². The van der Waals surface area contributed by atoms with Crippen molar-refractivity contribution in [1.82, 2.24) is 19.6 Å². The normalized spacial score (nSPS) is 21.0. The lowest BCUT2D eigenvalue weighted by Crippen LogP contribution is -2.47. The minimum Gasteiger partial charge on any atom is -0.497 e. The van der Waals surface area contributed by atoms with Gasteiger partial charge >= 0.3 is 0 Å². The van der Waals surface area contributed by atoms with Crippen molar-refractivity contribution >= 4 is 29.2 Å². The summed E-state index contributed by atoms with van der Waals surface area (Å²) in [6.07, 6.45) is 1.76. The number of methoxy groups -OCH3 is 1. The summed E-state index contributed by atoms with van der Waals surface area (Å²) in [5, 5.41) is 5.03. The average Bonchev–Trinajstić information content (AvgIpc) is 3.43. The summed E-state index contributed by atoms with van der Waals surface area (Å²) in [7, 11) is 3.06. The standard InChI is InChI=1S/C32H37ClFN5O4/c1-4-30(40)39-17-16-37(15-5-6-28(39)21-7-9-22(33)10-8-21)32(42)26-20-38(29-13-14-31(41)36(2)35-29)19-25(26)24-12-11-23(43-3)18-27(24)34/h7-14,18,25-26,28H,4-6,15-17,19-20H2,1-3H3/t25-,26+,28-/m0/s1. The Kier molecular flexibility index (Phi) is 9.34. The molecule has 9 nitrogen and oxygen atoms in total. The highest BCUT2D eigenvalue weighted by Crippen LogP contribution is 2.38. The number of nitrogens with zero attached hydrogens (tertiary/aromatic N) is 5. The van der Waals surface area contributed by atoms with Gasteiger partial charge in [-0.15, -0.1) is 0 Å². The molecule has 5 rings (SSSR count). The molecule has 1 aromatic heterocycles. The van der Waals surface area contributed by atoms with Gasteiger partial charge in [0, 0.05) is 69.3 Å². The van der Waals surface area contributed by atoms with Gasteiger partial charge in [0.1, 0.15) is 17.4 Å². The molecule has 43 heavy (non-hydrogen) atoms. The monoisotopic (exact) mass is 609 g/mol. The molecule has 2 amide bonds. The van der Waals surface area contributed by atoms with Crippen LogP contribution >= 0.6 is 11.6 Å². The van der Waals surface area contributed by atoms with Crippen LogP contribution in [0.2, 0.25) is 5.02 Å². The number of rotatable bonds is 6. The highest BCUT2D eigenvalue weighted by molar-refractivity contribution is 6.30. The lowest BCUT2D eigenvalue weighted by molar-refractivity contribution is -0.140. The van der Waals surface area contributed by atoms with E-state index in [1.54, 1.807) is 25.2 Å². The molecule has 0 unspecified atom stereocenters. The highest BCUT2D eigenvalue weighted by atomic mass is 35.5. The Balaban J connectivity index is 1.42. The Labute approximate surface area is 255 Å². The van der Waals surface area contributed by atoms with Crippen molar-refractivity contribution in [3.8, 4) is 5.75 Å². The first-order valence-corrected chi connectivity index (χ1v) is 15.0. The quantitative estimate of drug-likeness (QED) is 0.412. The van der Waals surface area contributed by atoms with Gasteiger partial charge in [0.15, 0.2) is 0 Å². The Bertz CT molecular complexity index is 1530. The van der Waals surface area contributed by atoms with Crippen molar-refractivity contribution in [2.45, 2.75) is 38.1 Å². The number of aromatic nitrogens is 2. The van der Waals surface area contributed by atoms with Crippen LogP contribution in [0.5, 0.6) is 5.75 Å². The second-order valence-electron chi connectivity index (χ2n) is 11.1. The van der Waals surface area contributed by atoms with Crippen molar-refractivity contribution in [1.29, 1.82) is 0 Å². The van der Waals surface area contributed by atoms with E-state index in [1.165, 1.54) is 23.9 Å². The Hall–Kier alpha value is -3.92. The molecule has 0 aliphatic carbocycles. The number of carbonyl (C=O) groups is 2. The molecule has 2 aliphatic rings. The first-order valence-electron chi connectivity index (χ1n) is 14.7. The van der Waals surface area contributed by atoms with Gasteiger partial charge < -0.3 is 19.4 Å². The summed E-state index contributed by atoms with van der Waals surface area (Å²) in [5.74, 6) is -0.535. The molecule has 11 heteroatoms. The van der Waals surface area contributed by atoms with Crippen molar-refractivity contribution in [3.05, 3.63) is 86.9 Å². The number of aryl methyl sites for hydroxylation is 1. The number of hydrogen-bond donors (Lipinski definition) is 0. The van der Waals surface area contributed by atoms with Crippen LogP contribution in [0.3, 0.4) is 0 Å². The topological polar surface area (TPSA) is 88.0 Å². The highest BCUT2D eigenvalue weighted by Gasteiger charge is 2.42. The summed E-state index contributed by atoms with van der Waals surface area (Å²) in [4.78, 5) is 45.0. The predicted molar refractivity (Wildman–Crippen MR) is 163 cm³/mol. The van der Waals surface area contributed by atoms with Crippen LogP contribution in [-0.2, 0) is 16.6 Å². The molecule has 3 atom stereocenters. The third kappa shape index (κ3) is 6.54. The number of carbonyl (C=O) groups excluding carboxylic acids is 2. The third-order valence-corrected chi connectivity index (χ3v) is 8.85. The third-order valence-electron chi connectivity index (χ3n) is 8.60. The van der Waals surface area contributed by atoms with Gasteiger partial charge in [-0.2, -0.15) is 5.10 Å². The molecular formula is C32H37ClFN5O4. The number of anilines is 1.